The second-order valence-corrected chi connectivity index (χ2v) is 5.62. The summed E-state index contributed by atoms with van der Waals surface area (Å²) in [7, 11) is 0. The van der Waals surface area contributed by atoms with Crippen LogP contribution in [0.2, 0.25) is 0 Å². The number of hydrogen-bond donors (Lipinski definition) is 1. The second-order valence-electron chi connectivity index (χ2n) is 5.62. The van der Waals surface area contributed by atoms with Crippen LogP contribution in [0, 0.1) is 0 Å². The van der Waals surface area contributed by atoms with Crippen molar-refractivity contribution in [3.05, 3.63) is 29.3 Å². The van der Waals surface area contributed by atoms with Crippen LogP contribution in [0.15, 0.2) is 18.2 Å². The number of benzene rings is 1. The maximum Gasteiger partial charge on any atom is 0.124 e. The molecule has 1 aromatic carbocycles. The lowest BCUT2D eigenvalue weighted by atomic mass is 9.81. The summed E-state index contributed by atoms with van der Waals surface area (Å²) in [6.45, 7) is 7.06. The predicted octanol–water partition coefficient (Wildman–Crippen LogP) is 1.52. The van der Waals surface area contributed by atoms with Gasteiger partial charge < -0.3 is 15.2 Å². The number of hydrogen-bond acceptors (Lipinski definition) is 4. The van der Waals surface area contributed by atoms with Gasteiger partial charge in [0, 0.05) is 31.6 Å². The normalized spacial score (nSPS) is 26.9. The third kappa shape index (κ3) is 2.22. The first kappa shape index (κ1) is 13.9. The highest BCUT2D eigenvalue weighted by Crippen LogP contribution is 2.41. The Labute approximate surface area is 120 Å². The molecule has 20 heavy (non-hydrogen) atoms. The molecule has 0 radical (unpaired) electrons. The van der Waals surface area contributed by atoms with Crippen molar-refractivity contribution in [2.75, 3.05) is 39.5 Å². The molecule has 2 aliphatic rings. The molecule has 0 aliphatic carbocycles. The first-order chi connectivity index (χ1) is 9.80. The molecule has 4 nitrogen and oxygen atoms in total. The largest absolute Gasteiger partial charge is 0.493 e. The van der Waals surface area contributed by atoms with Gasteiger partial charge in [0.05, 0.1) is 25.4 Å². The molecule has 0 saturated carbocycles. The van der Waals surface area contributed by atoms with Gasteiger partial charge in [0.15, 0.2) is 0 Å². The summed E-state index contributed by atoms with van der Waals surface area (Å²) in [5.74, 6) is 1.00. The van der Waals surface area contributed by atoms with E-state index in [2.05, 4.69) is 30.0 Å². The Bertz CT molecular complexity index is 472. The number of ether oxygens (including phenoxy) is 2. The van der Waals surface area contributed by atoms with Crippen LogP contribution in [0.3, 0.4) is 0 Å². The standard InChI is InChI=1S/C16H24N2O2/c1-2-13-3-4-15-14(11-13)16(12-17,5-8-20-15)18-6-9-19-10-7-18/h3-4,11H,2,5-10,12,17H2,1H3. The van der Waals surface area contributed by atoms with Gasteiger partial charge in [-0.05, 0) is 18.1 Å². The quantitative estimate of drug-likeness (QED) is 0.909. The van der Waals surface area contributed by atoms with Crippen LogP contribution < -0.4 is 10.5 Å². The monoisotopic (exact) mass is 276 g/mol. The van der Waals surface area contributed by atoms with Crippen molar-refractivity contribution >= 4 is 0 Å². The third-order valence-electron chi connectivity index (χ3n) is 4.68. The molecule has 1 saturated heterocycles. The van der Waals surface area contributed by atoms with Crippen molar-refractivity contribution in [3.8, 4) is 5.75 Å². The van der Waals surface area contributed by atoms with Gasteiger partial charge in [-0.15, -0.1) is 0 Å². The van der Waals surface area contributed by atoms with E-state index < -0.39 is 0 Å². The van der Waals surface area contributed by atoms with Crippen LogP contribution in [-0.4, -0.2) is 44.4 Å². The summed E-state index contributed by atoms with van der Waals surface area (Å²) in [4.78, 5) is 2.50. The van der Waals surface area contributed by atoms with Crippen LogP contribution in [0.5, 0.6) is 5.75 Å². The van der Waals surface area contributed by atoms with E-state index in [4.69, 9.17) is 15.2 Å². The zero-order valence-corrected chi connectivity index (χ0v) is 12.2. The Kier molecular flexibility index (Phi) is 3.96. The number of fused-ring (bicyclic) bond motifs is 1. The fourth-order valence-electron chi connectivity index (χ4n) is 3.41. The predicted molar refractivity (Wildman–Crippen MR) is 79.1 cm³/mol. The van der Waals surface area contributed by atoms with Crippen molar-refractivity contribution in [2.24, 2.45) is 5.73 Å². The van der Waals surface area contributed by atoms with E-state index in [-0.39, 0.29) is 5.54 Å². The van der Waals surface area contributed by atoms with Gasteiger partial charge in [-0.25, -0.2) is 0 Å². The summed E-state index contributed by atoms with van der Waals surface area (Å²) in [5.41, 5.74) is 8.77. The van der Waals surface area contributed by atoms with Gasteiger partial charge in [0.1, 0.15) is 5.75 Å². The Morgan fingerprint density at radius 2 is 2.05 bits per heavy atom. The van der Waals surface area contributed by atoms with Gasteiger partial charge in [0.25, 0.3) is 0 Å². The highest BCUT2D eigenvalue weighted by Gasteiger charge is 2.42. The maximum absolute atomic E-state index is 6.24. The van der Waals surface area contributed by atoms with E-state index in [1.54, 1.807) is 0 Å². The molecule has 2 aliphatic heterocycles. The first-order valence-electron chi connectivity index (χ1n) is 7.59. The average molecular weight is 276 g/mol. The van der Waals surface area contributed by atoms with E-state index in [9.17, 15) is 0 Å². The van der Waals surface area contributed by atoms with Crippen LogP contribution in [0.1, 0.15) is 24.5 Å². The number of nitrogens with two attached hydrogens (primary N) is 1. The van der Waals surface area contributed by atoms with E-state index in [0.717, 1.165) is 51.5 Å². The van der Waals surface area contributed by atoms with Gasteiger partial charge in [-0.1, -0.05) is 19.1 Å². The fourth-order valence-corrected chi connectivity index (χ4v) is 3.41. The molecule has 1 fully saturated rings. The van der Waals surface area contributed by atoms with E-state index in [1.807, 2.05) is 0 Å². The minimum Gasteiger partial charge on any atom is -0.493 e. The van der Waals surface area contributed by atoms with Crippen molar-refractivity contribution < 1.29 is 9.47 Å². The smallest absolute Gasteiger partial charge is 0.124 e. The number of aryl methyl sites for hydroxylation is 1. The first-order valence-corrected chi connectivity index (χ1v) is 7.59. The van der Waals surface area contributed by atoms with Gasteiger partial charge in [-0.2, -0.15) is 0 Å². The second kappa shape index (κ2) is 5.72. The van der Waals surface area contributed by atoms with Crippen LogP contribution >= 0.6 is 0 Å². The lowest BCUT2D eigenvalue weighted by Crippen LogP contribution is -2.57. The molecule has 0 aromatic heterocycles. The molecule has 110 valence electrons. The Hall–Kier alpha value is -1.10. The number of rotatable bonds is 3. The third-order valence-corrected chi connectivity index (χ3v) is 4.68. The highest BCUT2D eigenvalue weighted by molar-refractivity contribution is 5.44. The minimum atomic E-state index is -0.0808. The zero-order chi connectivity index (χ0) is 14.0. The molecule has 3 rings (SSSR count). The van der Waals surface area contributed by atoms with Gasteiger partial charge in [-0.3, -0.25) is 4.90 Å². The van der Waals surface area contributed by atoms with E-state index in [0.29, 0.717) is 6.54 Å². The SMILES string of the molecule is CCc1ccc2c(c1)C(CN)(N1CCOCC1)CCO2. The Morgan fingerprint density at radius 3 is 2.75 bits per heavy atom. The molecule has 0 spiro atoms. The molecule has 2 heterocycles. The summed E-state index contributed by atoms with van der Waals surface area (Å²) in [6, 6.07) is 6.56. The zero-order valence-electron chi connectivity index (χ0n) is 12.2. The summed E-state index contributed by atoms with van der Waals surface area (Å²) >= 11 is 0. The lowest BCUT2D eigenvalue weighted by Gasteiger charge is -2.48. The van der Waals surface area contributed by atoms with Gasteiger partial charge in [0.2, 0.25) is 0 Å². The molecule has 2 N–H and O–H groups in total. The molecule has 0 bridgehead atoms. The van der Waals surface area contributed by atoms with E-state index in [1.165, 1.54) is 11.1 Å². The topological polar surface area (TPSA) is 47.7 Å². The lowest BCUT2D eigenvalue weighted by molar-refractivity contribution is -0.0365. The molecule has 1 unspecified atom stereocenters. The van der Waals surface area contributed by atoms with Crippen molar-refractivity contribution in [1.29, 1.82) is 0 Å². The molecule has 1 aromatic rings. The minimum absolute atomic E-state index is 0.0808. The fraction of sp³-hybridized carbons (Fsp3) is 0.625. The maximum atomic E-state index is 6.24. The molecular formula is C16H24N2O2. The average Bonchev–Trinajstić information content (AvgIpc) is 2.54. The molecule has 4 heteroatoms. The summed E-state index contributed by atoms with van der Waals surface area (Å²) in [5, 5.41) is 0. The van der Waals surface area contributed by atoms with E-state index >= 15 is 0 Å². The number of morpholine rings is 1. The van der Waals surface area contributed by atoms with Gasteiger partial charge >= 0.3 is 0 Å². The molecular weight excluding hydrogens is 252 g/mol. The highest BCUT2D eigenvalue weighted by atomic mass is 16.5. The van der Waals surface area contributed by atoms with Crippen molar-refractivity contribution in [1.82, 2.24) is 4.90 Å². The Morgan fingerprint density at radius 1 is 1.25 bits per heavy atom. The number of nitrogens with zero attached hydrogens (tertiary/aromatic N) is 1. The summed E-state index contributed by atoms with van der Waals surface area (Å²) < 4.78 is 11.4. The Balaban J connectivity index is 2.03. The molecule has 0 amide bonds. The van der Waals surface area contributed by atoms with Crippen LogP contribution in [0.25, 0.3) is 0 Å². The van der Waals surface area contributed by atoms with Crippen molar-refractivity contribution in [3.63, 3.8) is 0 Å². The van der Waals surface area contributed by atoms with Crippen LogP contribution in [0.4, 0.5) is 0 Å². The molecule has 1 atom stereocenters. The van der Waals surface area contributed by atoms with Crippen LogP contribution in [-0.2, 0) is 16.7 Å². The summed E-state index contributed by atoms with van der Waals surface area (Å²) in [6.07, 6.45) is 2.00. The van der Waals surface area contributed by atoms with Crippen molar-refractivity contribution in [2.45, 2.75) is 25.3 Å².